The van der Waals surface area contributed by atoms with Crippen molar-refractivity contribution in [2.24, 2.45) is 23.3 Å². The fourth-order valence-electron chi connectivity index (χ4n) is 2.58. The van der Waals surface area contributed by atoms with Crippen LogP contribution in [0.1, 0.15) is 46.0 Å². The number of carbonyl (C=O) groups is 2. The summed E-state index contributed by atoms with van der Waals surface area (Å²) in [6.45, 7) is 4.35. The van der Waals surface area contributed by atoms with Crippen LogP contribution in [0.3, 0.4) is 0 Å². The van der Waals surface area contributed by atoms with Crippen molar-refractivity contribution >= 4 is 11.8 Å². The van der Waals surface area contributed by atoms with Gasteiger partial charge in [0.2, 0.25) is 11.8 Å². The van der Waals surface area contributed by atoms with Gasteiger partial charge in [0.1, 0.15) is 0 Å². The quantitative estimate of drug-likeness (QED) is 0.668. The molecule has 5 heteroatoms. The van der Waals surface area contributed by atoms with Crippen molar-refractivity contribution in [2.75, 3.05) is 6.54 Å². The van der Waals surface area contributed by atoms with Gasteiger partial charge in [-0.05, 0) is 52.0 Å². The topological polar surface area (TPSA) is 98.2 Å². The summed E-state index contributed by atoms with van der Waals surface area (Å²) in [4.78, 5) is 23.0. The molecule has 0 atom stereocenters. The third-order valence-electron chi connectivity index (χ3n) is 3.63. The van der Waals surface area contributed by atoms with Crippen LogP contribution in [-0.2, 0) is 9.59 Å². The Morgan fingerprint density at radius 2 is 1.78 bits per heavy atom. The molecule has 2 amide bonds. The molecule has 0 unspecified atom stereocenters. The summed E-state index contributed by atoms with van der Waals surface area (Å²) >= 11 is 0. The average Bonchev–Trinajstić information content (AvgIpc) is 2.26. The van der Waals surface area contributed by atoms with Gasteiger partial charge in [0.15, 0.2) is 0 Å². The fraction of sp³-hybridized carbons (Fsp3) is 0.846. The van der Waals surface area contributed by atoms with Crippen LogP contribution in [0.5, 0.6) is 0 Å². The average molecular weight is 255 g/mol. The molecule has 5 nitrogen and oxygen atoms in total. The number of rotatable bonds is 5. The van der Waals surface area contributed by atoms with Crippen LogP contribution in [0.25, 0.3) is 0 Å². The van der Waals surface area contributed by atoms with Crippen molar-refractivity contribution in [3.63, 3.8) is 0 Å². The number of nitrogens with one attached hydrogen (secondary N) is 1. The van der Waals surface area contributed by atoms with Gasteiger partial charge in [-0.1, -0.05) is 0 Å². The highest BCUT2D eigenvalue weighted by Crippen LogP contribution is 2.28. The van der Waals surface area contributed by atoms with Crippen molar-refractivity contribution in [2.45, 2.75) is 51.5 Å². The molecule has 5 N–H and O–H groups in total. The Hall–Kier alpha value is -1.10. The van der Waals surface area contributed by atoms with E-state index in [9.17, 15) is 9.59 Å². The van der Waals surface area contributed by atoms with Crippen LogP contribution in [0, 0.1) is 11.8 Å². The Morgan fingerprint density at radius 3 is 2.22 bits per heavy atom. The lowest BCUT2D eigenvalue weighted by molar-refractivity contribution is -0.128. The Morgan fingerprint density at radius 1 is 1.22 bits per heavy atom. The summed E-state index contributed by atoms with van der Waals surface area (Å²) in [6, 6.07) is 0. The lowest BCUT2D eigenvalue weighted by atomic mass is 9.81. The molecule has 104 valence electrons. The minimum absolute atomic E-state index is 0.0386. The van der Waals surface area contributed by atoms with Crippen LogP contribution < -0.4 is 16.8 Å². The van der Waals surface area contributed by atoms with Crippen molar-refractivity contribution in [1.82, 2.24) is 5.32 Å². The van der Waals surface area contributed by atoms with E-state index in [-0.39, 0.29) is 18.2 Å². The molecular formula is C13H25N3O2. The van der Waals surface area contributed by atoms with E-state index in [0.717, 1.165) is 25.7 Å². The van der Waals surface area contributed by atoms with Crippen LogP contribution in [-0.4, -0.2) is 23.9 Å². The summed E-state index contributed by atoms with van der Waals surface area (Å²) in [6.07, 6.45) is 3.98. The monoisotopic (exact) mass is 255 g/mol. The lowest BCUT2D eigenvalue weighted by Crippen LogP contribution is -2.48. The number of carbonyl (C=O) groups excluding carboxylic acids is 2. The minimum atomic E-state index is -0.562. The Bertz CT molecular complexity index is 307. The van der Waals surface area contributed by atoms with E-state index < -0.39 is 11.4 Å². The molecule has 1 fully saturated rings. The molecule has 1 aliphatic carbocycles. The molecular weight excluding hydrogens is 230 g/mol. The number of amides is 2. The van der Waals surface area contributed by atoms with E-state index in [1.54, 1.807) is 0 Å². The standard InChI is InChI=1S/C13H25N3O2/c1-13(2,7-11(15)17)16-12(18)10-5-3-9(8-14)4-6-10/h9-10H,3-8,14H2,1-2H3,(H2,15,17)(H,16,18). The zero-order valence-corrected chi connectivity index (χ0v) is 11.4. The van der Waals surface area contributed by atoms with Gasteiger partial charge in [0.25, 0.3) is 0 Å². The van der Waals surface area contributed by atoms with Crippen molar-refractivity contribution < 1.29 is 9.59 Å². The van der Waals surface area contributed by atoms with E-state index in [2.05, 4.69) is 5.32 Å². The maximum absolute atomic E-state index is 12.1. The molecule has 1 rings (SSSR count). The highest BCUT2D eigenvalue weighted by Gasteiger charge is 2.30. The Labute approximate surface area is 109 Å². The maximum atomic E-state index is 12.1. The van der Waals surface area contributed by atoms with Gasteiger partial charge in [-0.2, -0.15) is 0 Å². The predicted molar refractivity (Wildman–Crippen MR) is 70.5 cm³/mol. The third-order valence-corrected chi connectivity index (χ3v) is 3.63. The molecule has 0 bridgehead atoms. The normalized spacial score (nSPS) is 24.6. The van der Waals surface area contributed by atoms with E-state index in [4.69, 9.17) is 11.5 Å². The van der Waals surface area contributed by atoms with Crippen molar-refractivity contribution in [3.05, 3.63) is 0 Å². The molecule has 0 saturated heterocycles. The molecule has 0 aliphatic heterocycles. The zero-order chi connectivity index (χ0) is 13.8. The minimum Gasteiger partial charge on any atom is -0.370 e. The lowest BCUT2D eigenvalue weighted by Gasteiger charge is -2.31. The Balaban J connectivity index is 2.44. The van der Waals surface area contributed by atoms with Gasteiger partial charge in [-0.25, -0.2) is 0 Å². The highest BCUT2D eigenvalue weighted by molar-refractivity contribution is 5.81. The summed E-state index contributed by atoms with van der Waals surface area (Å²) in [5.74, 6) is 0.261. The first-order chi connectivity index (χ1) is 8.34. The fourth-order valence-corrected chi connectivity index (χ4v) is 2.58. The number of nitrogens with two attached hydrogens (primary N) is 2. The first kappa shape index (κ1) is 15.0. The Kier molecular flexibility index (Phi) is 5.14. The number of primary amides is 1. The van der Waals surface area contributed by atoms with Crippen LogP contribution in [0.4, 0.5) is 0 Å². The smallest absolute Gasteiger partial charge is 0.223 e. The SMILES string of the molecule is CC(C)(CC(N)=O)NC(=O)C1CCC(CN)CC1. The first-order valence-electron chi connectivity index (χ1n) is 6.64. The van der Waals surface area contributed by atoms with Gasteiger partial charge in [0.05, 0.1) is 0 Å². The molecule has 0 aromatic heterocycles. The molecule has 1 saturated carbocycles. The van der Waals surface area contributed by atoms with Crippen LogP contribution in [0.2, 0.25) is 0 Å². The highest BCUT2D eigenvalue weighted by atomic mass is 16.2. The van der Waals surface area contributed by atoms with Crippen LogP contribution >= 0.6 is 0 Å². The second-order valence-electron chi connectivity index (χ2n) is 5.97. The largest absolute Gasteiger partial charge is 0.370 e. The van der Waals surface area contributed by atoms with Crippen molar-refractivity contribution in [3.8, 4) is 0 Å². The third kappa shape index (κ3) is 4.64. The van der Waals surface area contributed by atoms with E-state index in [1.165, 1.54) is 0 Å². The van der Waals surface area contributed by atoms with E-state index in [1.807, 2.05) is 13.8 Å². The second kappa shape index (κ2) is 6.18. The van der Waals surface area contributed by atoms with Gasteiger partial charge in [-0.3, -0.25) is 9.59 Å². The molecule has 1 aliphatic rings. The van der Waals surface area contributed by atoms with Gasteiger partial charge < -0.3 is 16.8 Å². The second-order valence-corrected chi connectivity index (χ2v) is 5.97. The summed E-state index contributed by atoms with van der Waals surface area (Å²) in [7, 11) is 0. The van der Waals surface area contributed by atoms with Gasteiger partial charge >= 0.3 is 0 Å². The summed E-state index contributed by atoms with van der Waals surface area (Å²) in [5.41, 5.74) is 10.2. The molecule has 0 radical (unpaired) electrons. The molecule has 0 aromatic carbocycles. The molecule has 0 heterocycles. The number of hydrogen-bond acceptors (Lipinski definition) is 3. The van der Waals surface area contributed by atoms with E-state index in [0.29, 0.717) is 12.5 Å². The predicted octanol–water partition coefficient (Wildman–Crippen LogP) is 0.522. The number of hydrogen-bond donors (Lipinski definition) is 3. The summed E-state index contributed by atoms with van der Waals surface area (Å²) in [5, 5.41) is 2.92. The van der Waals surface area contributed by atoms with E-state index >= 15 is 0 Å². The first-order valence-corrected chi connectivity index (χ1v) is 6.64. The van der Waals surface area contributed by atoms with Crippen LogP contribution in [0.15, 0.2) is 0 Å². The molecule has 18 heavy (non-hydrogen) atoms. The maximum Gasteiger partial charge on any atom is 0.223 e. The molecule has 0 aromatic rings. The van der Waals surface area contributed by atoms with Gasteiger partial charge in [0, 0.05) is 17.9 Å². The zero-order valence-electron chi connectivity index (χ0n) is 11.4. The van der Waals surface area contributed by atoms with Gasteiger partial charge in [-0.15, -0.1) is 0 Å². The van der Waals surface area contributed by atoms with Crippen molar-refractivity contribution in [1.29, 1.82) is 0 Å². The summed E-state index contributed by atoms with van der Waals surface area (Å²) < 4.78 is 0. The molecule has 0 spiro atoms.